The minimum Gasteiger partial charge on any atom is -0.322 e. The van der Waals surface area contributed by atoms with Crippen molar-refractivity contribution in [1.29, 1.82) is 0 Å². The van der Waals surface area contributed by atoms with E-state index in [0.717, 1.165) is 5.01 Å². The zero-order chi connectivity index (χ0) is 17.3. The number of carbonyl (C=O) groups is 1. The van der Waals surface area contributed by atoms with Crippen LogP contribution in [0.1, 0.15) is 11.9 Å². The highest BCUT2D eigenvalue weighted by molar-refractivity contribution is 7.13. The van der Waals surface area contributed by atoms with Gasteiger partial charge in [-0.05, 0) is 30.4 Å². The van der Waals surface area contributed by atoms with E-state index >= 15 is 0 Å². The number of hydrogen-bond donors (Lipinski definition) is 0. The number of halogens is 3. The number of nitrogens with zero attached hydrogens (tertiary/aromatic N) is 5. The maximum Gasteiger partial charge on any atom is 0.445 e. The third-order valence-corrected chi connectivity index (χ3v) is 3.69. The molecule has 0 bridgehead atoms. The molecule has 0 spiro atoms. The molecule has 0 saturated heterocycles. The predicted molar refractivity (Wildman–Crippen MR) is 80.0 cm³/mol. The van der Waals surface area contributed by atoms with Gasteiger partial charge in [-0.15, -0.1) is 5.10 Å². The van der Waals surface area contributed by atoms with Gasteiger partial charge in [-0.25, -0.2) is 0 Å². The van der Waals surface area contributed by atoms with Gasteiger partial charge in [0.15, 0.2) is 5.71 Å². The number of alkyl halides is 3. The summed E-state index contributed by atoms with van der Waals surface area (Å²) in [6, 6.07) is 8.61. The predicted octanol–water partition coefficient (Wildman–Crippen LogP) is 2.71. The van der Waals surface area contributed by atoms with E-state index in [1.807, 2.05) is 0 Å². The fourth-order valence-corrected chi connectivity index (χ4v) is 2.31. The molecule has 3 rings (SSSR count). The van der Waals surface area contributed by atoms with Gasteiger partial charge in [-0.2, -0.15) is 23.3 Å². The molecule has 1 aliphatic rings. The molecule has 0 aliphatic carbocycles. The third-order valence-electron chi connectivity index (χ3n) is 2.85. The topological polar surface area (TPSA) is 80.0 Å². The number of amides is 1. The van der Waals surface area contributed by atoms with Crippen molar-refractivity contribution in [3.63, 3.8) is 0 Å². The summed E-state index contributed by atoms with van der Waals surface area (Å²) in [5.41, 5.74) is 0.675. The molecule has 24 heavy (non-hydrogen) atoms. The Morgan fingerprint density at radius 1 is 1.21 bits per heavy atom. The Balaban J connectivity index is 1.78. The van der Waals surface area contributed by atoms with Crippen molar-refractivity contribution < 1.29 is 22.8 Å². The van der Waals surface area contributed by atoms with E-state index in [1.54, 1.807) is 30.3 Å². The highest BCUT2D eigenvalue weighted by atomic mass is 32.1. The van der Waals surface area contributed by atoms with Crippen molar-refractivity contribution in [3.05, 3.63) is 35.3 Å². The summed E-state index contributed by atoms with van der Waals surface area (Å²) in [5, 5.41) is 13.3. The first-order valence-corrected chi connectivity index (χ1v) is 7.28. The maximum atomic E-state index is 12.4. The van der Waals surface area contributed by atoms with Gasteiger partial charge in [-0.1, -0.05) is 28.5 Å². The van der Waals surface area contributed by atoms with Gasteiger partial charge in [0, 0.05) is 0 Å². The van der Waals surface area contributed by atoms with Crippen molar-refractivity contribution in [2.24, 2.45) is 10.3 Å². The van der Waals surface area contributed by atoms with Crippen molar-refractivity contribution in [2.45, 2.75) is 13.1 Å². The third kappa shape index (κ3) is 3.11. The van der Waals surface area contributed by atoms with E-state index in [9.17, 15) is 18.0 Å². The van der Waals surface area contributed by atoms with Gasteiger partial charge in [0.2, 0.25) is 5.01 Å². The molecular formula is C13H8F3N5O2S. The number of para-hydroxylation sites is 1. The quantitative estimate of drug-likeness (QED) is 0.793. The lowest BCUT2D eigenvalue weighted by Crippen LogP contribution is -2.27. The van der Waals surface area contributed by atoms with Crippen LogP contribution in [0, 0.1) is 0 Å². The molecule has 1 aliphatic heterocycles. The van der Waals surface area contributed by atoms with Gasteiger partial charge in [-0.3, -0.25) is 4.79 Å². The number of oxime groups is 1. The van der Waals surface area contributed by atoms with E-state index in [-0.39, 0.29) is 22.8 Å². The molecule has 1 aromatic heterocycles. The molecule has 0 N–H and O–H groups in total. The summed E-state index contributed by atoms with van der Waals surface area (Å²) in [6.45, 7) is 1.53. The van der Waals surface area contributed by atoms with Gasteiger partial charge in [0.1, 0.15) is 0 Å². The van der Waals surface area contributed by atoms with Crippen LogP contribution in [0.3, 0.4) is 0 Å². The number of anilines is 1. The molecule has 0 saturated carbocycles. The Hall–Kier alpha value is -2.82. The zero-order valence-corrected chi connectivity index (χ0v) is 12.8. The van der Waals surface area contributed by atoms with Gasteiger partial charge < -0.3 is 4.84 Å². The summed E-state index contributed by atoms with van der Waals surface area (Å²) in [4.78, 5) is 17.1. The monoisotopic (exact) mass is 355 g/mol. The first-order chi connectivity index (χ1) is 11.4. The second-order valence-corrected chi connectivity index (χ2v) is 5.48. The second kappa shape index (κ2) is 6.00. The molecule has 0 fully saturated rings. The van der Waals surface area contributed by atoms with Crippen molar-refractivity contribution >= 4 is 34.4 Å². The number of benzene rings is 1. The number of rotatable bonds is 3. The molecule has 11 heteroatoms. The standard InChI is InChI=1S/C13H8F3N5O2S/c1-7-9(10(22)21(19-7)8-5-3-2-4-6-8)20-23-12-18-17-11(24-12)13(14,15)16/h2-6H,1H3. The smallest absolute Gasteiger partial charge is 0.322 e. The summed E-state index contributed by atoms with van der Waals surface area (Å²) in [6.07, 6.45) is -4.61. The summed E-state index contributed by atoms with van der Waals surface area (Å²) < 4.78 is 37.3. The SMILES string of the molecule is CC1=NN(c2ccccc2)C(=O)C1=NOc1nnc(C(F)(F)F)s1. The Kier molecular flexibility index (Phi) is 4.01. The molecule has 2 heterocycles. The Labute approximate surface area is 137 Å². The lowest BCUT2D eigenvalue weighted by molar-refractivity contribution is -0.138. The van der Waals surface area contributed by atoms with Crippen LogP contribution in [-0.4, -0.2) is 27.5 Å². The van der Waals surface area contributed by atoms with E-state index in [1.165, 1.54) is 6.92 Å². The average molecular weight is 355 g/mol. The molecule has 1 amide bonds. The van der Waals surface area contributed by atoms with Crippen LogP contribution in [0.25, 0.3) is 0 Å². The lowest BCUT2D eigenvalue weighted by Gasteiger charge is -2.10. The Morgan fingerprint density at radius 2 is 1.92 bits per heavy atom. The minimum atomic E-state index is -4.61. The van der Waals surface area contributed by atoms with Gasteiger partial charge in [0.25, 0.3) is 0 Å². The van der Waals surface area contributed by atoms with E-state index in [0.29, 0.717) is 5.69 Å². The van der Waals surface area contributed by atoms with Crippen LogP contribution in [-0.2, 0) is 11.0 Å². The molecule has 2 aromatic rings. The van der Waals surface area contributed by atoms with E-state index in [4.69, 9.17) is 4.84 Å². The van der Waals surface area contributed by atoms with Crippen LogP contribution < -0.4 is 9.85 Å². The molecular weight excluding hydrogens is 347 g/mol. The van der Waals surface area contributed by atoms with Crippen molar-refractivity contribution in [3.8, 4) is 5.19 Å². The van der Waals surface area contributed by atoms with Crippen LogP contribution in [0.2, 0.25) is 0 Å². The summed E-state index contributed by atoms with van der Waals surface area (Å²) in [7, 11) is 0. The first kappa shape index (κ1) is 16.1. The number of hydrazone groups is 1. The minimum absolute atomic E-state index is 0.123. The number of hydrogen-bond acceptors (Lipinski definition) is 7. The molecule has 0 unspecified atom stereocenters. The molecule has 0 radical (unpaired) electrons. The van der Waals surface area contributed by atoms with E-state index < -0.39 is 22.3 Å². The largest absolute Gasteiger partial charge is 0.445 e. The number of carbonyl (C=O) groups excluding carboxylic acids is 1. The molecule has 7 nitrogen and oxygen atoms in total. The Morgan fingerprint density at radius 3 is 2.54 bits per heavy atom. The van der Waals surface area contributed by atoms with Gasteiger partial charge in [0.05, 0.1) is 11.4 Å². The fraction of sp³-hybridized carbons (Fsp3) is 0.154. The van der Waals surface area contributed by atoms with Crippen LogP contribution in [0.5, 0.6) is 5.19 Å². The highest BCUT2D eigenvalue weighted by Gasteiger charge is 2.36. The zero-order valence-electron chi connectivity index (χ0n) is 12.0. The average Bonchev–Trinajstić information content (AvgIpc) is 3.12. The summed E-state index contributed by atoms with van der Waals surface area (Å²) in [5.74, 6) is -0.556. The molecule has 124 valence electrons. The highest BCUT2D eigenvalue weighted by Crippen LogP contribution is 2.34. The second-order valence-electron chi connectivity index (χ2n) is 4.54. The molecule has 1 aromatic carbocycles. The fourth-order valence-electron chi connectivity index (χ4n) is 1.79. The van der Waals surface area contributed by atoms with E-state index in [2.05, 4.69) is 20.5 Å². The first-order valence-electron chi connectivity index (χ1n) is 6.47. The Bertz CT molecular complexity index is 832. The lowest BCUT2D eigenvalue weighted by atomic mass is 10.2. The molecule has 0 atom stereocenters. The maximum absolute atomic E-state index is 12.4. The number of aromatic nitrogens is 2. The normalized spacial score (nSPS) is 16.7. The van der Waals surface area contributed by atoms with Crippen LogP contribution in [0.15, 0.2) is 40.6 Å². The van der Waals surface area contributed by atoms with Gasteiger partial charge >= 0.3 is 17.3 Å². The van der Waals surface area contributed by atoms with Crippen LogP contribution >= 0.6 is 11.3 Å². The van der Waals surface area contributed by atoms with Crippen LogP contribution in [0.4, 0.5) is 18.9 Å². The summed E-state index contributed by atoms with van der Waals surface area (Å²) >= 11 is 0.182. The van der Waals surface area contributed by atoms with Crippen molar-refractivity contribution in [2.75, 3.05) is 5.01 Å². The van der Waals surface area contributed by atoms with Crippen molar-refractivity contribution in [1.82, 2.24) is 10.2 Å².